The molecule has 2 heterocycles. The van der Waals surface area contributed by atoms with Crippen molar-refractivity contribution in [2.45, 2.75) is 39.4 Å². The summed E-state index contributed by atoms with van der Waals surface area (Å²) >= 11 is 3.60. The molecule has 2 aromatic carbocycles. The first-order valence-corrected chi connectivity index (χ1v) is 12.4. The molecule has 0 spiro atoms. The third kappa shape index (κ3) is 6.68. The van der Waals surface area contributed by atoms with Crippen molar-refractivity contribution >= 4 is 27.5 Å². The molecule has 0 radical (unpaired) electrons. The molecule has 0 saturated carbocycles. The molecule has 1 aromatic heterocycles. The van der Waals surface area contributed by atoms with Crippen LogP contribution in [0.25, 0.3) is 0 Å². The van der Waals surface area contributed by atoms with Crippen molar-refractivity contribution in [1.82, 2.24) is 19.4 Å². The first-order valence-electron chi connectivity index (χ1n) is 11.6. The van der Waals surface area contributed by atoms with Crippen molar-refractivity contribution in [2.75, 3.05) is 31.5 Å². The van der Waals surface area contributed by atoms with Crippen LogP contribution in [0.1, 0.15) is 29.8 Å². The monoisotopic (exact) mass is 509 g/mol. The summed E-state index contributed by atoms with van der Waals surface area (Å²) in [6.07, 6.45) is 5.24. The van der Waals surface area contributed by atoms with E-state index in [1.165, 1.54) is 5.56 Å². The normalized spacial score (nSPS) is 15.4. The van der Waals surface area contributed by atoms with Gasteiger partial charge in [0, 0.05) is 74.8 Å². The predicted octanol–water partition coefficient (Wildman–Crippen LogP) is 4.69. The maximum atomic E-state index is 13.4. The molecule has 1 N–H and O–H groups in total. The van der Waals surface area contributed by atoms with Gasteiger partial charge in [-0.2, -0.15) is 0 Å². The third-order valence-corrected chi connectivity index (χ3v) is 6.67. The second-order valence-corrected chi connectivity index (χ2v) is 9.49. The van der Waals surface area contributed by atoms with Crippen molar-refractivity contribution in [3.63, 3.8) is 0 Å². The van der Waals surface area contributed by atoms with Crippen LogP contribution in [0.15, 0.2) is 65.4 Å². The number of aryl methyl sites for hydroxylation is 2. The highest BCUT2D eigenvalue weighted by Crippen LogP contribution is 2.24. The molecule has 7 heteroatoms. The Morgan fingerprint density at radius 1 is 1.12 bits per heavy atom. The largest absolute Gasteiger partial charge is 0.385 e. The quantitative estimate of drug-likeness (QED) is 0.541. The van der Waals surface area contributed by atoms with Gasteiger partial charge in [0.15, 0.2) is 0 Å². The number of imidazole rings is 1. The number of carbonyl (C=O) groups is 1. The lowest BCUT2D eigenvalue weighted by Gasteiger charge is -2.28. The first-order chi connectivity index (χ1) is 16.1. The summed E-state index contributed by atoms with van der Waals surface area (Å²) in [5, 5.41) is 3.60. The minimum Gasteiger partial charge on any atom is -0.385 e. The zero-order chi connectivity index (χ0) is 23.0. The number of carbonyl (C=O) groups excluding carboxylic acids is 1. The molecule has 33 heavy (non-hydrogen) atoms. The molecule has 0 saturated heterocycles. The van der Waals surface area contributed by atoms with Crippen molar-refractivity contribution in [3.05, 3.63) is 82.3 Å². The van der Waals surface area contributed by atoms with E-state index < -0.39 is 0 Å². The fraction of sp³-hybridized carbons (Fsp3) is 0.385. The van der Waals surface area contributed by atoms with Crippen LogP contribution in [0, 0.1) is 6.92 Å². The smallest absolute Gasteiger partial charge is 0.224 e. The first kappa shape index (κ1) is 23.5. The Kier molecular flexibility index (Phi) is 8.18. The summed E-state index contributed by atoms with van der Waals surface area (Å²) in [5.41, 5.74) is 3.56. The molecule has 1 aliphatic heterocycles. The number of hydrogen-bond acceptors (Lipinski definition) is 4. The average Bonchev–Trinajstić information content (AvgIpc) is 3.22. The van der Waals surface area contributed by atoms with E-state index >= 15 is 0 Å². The van der Waals surface area contributed by atoms with Crippen molar-refractivity contribution in [1.29, 1.82) is 0 Å². The number of nitrogens with zero attached hydrogens (tertiary/aromatic N) is 4. The summed E-state index contributed by atoms with van der Waals surface area (Å²) in [7, 11) is 0. The number of anilines is 1. The lowest BCUT2D eigenvalue weighted by atomic mass is 10.1. The lowest BCUT2D eigenvalue weighted by molar-refractivity contribution is -0.132. The van der Waals surface area contributed by atoms with E-state index in [4.69, 9.17) is 0 Å². The molecule has 1 amide bonds. The van der Waals surface area contributed by atoms with Gasteiger partial charge >= 0.3 is 0 Å². The molecule has 0 fully saturated rings. The highest BCUT2D eigenvalue weighted by atomic mass is 79.9. The van der Waals surface area contributed by atoms with Gasteiger partial charge < -0.3 is 14.8 Å². The number of hydrogen-bond donors (Lipinski definition) is 1. The standard InChI is InChI=1S/C26H32BrN5O/c1-21-28-12-15-31(21)14-10-26(33)32-17-16-30(19-22-6-3-2-4-7-22)13-5-11-29-25-9-8-24(27)18-23(25)20-32/h2-4,6-9,12,15,18,29H,5,10-11,13-14,16-17,19-20H2,1H3. The average molecular weight is 510 g/mol. The van der Waals surface area contributed by atoms with E-state index in [1.54, 1.807) is 6.20 Å². The maximum absolute atomic E-state index is 13.4. The number of halogens is 1. The van der Waals surface area contributed by atoms with E-state index in [0.717, 1.165) is 54.1 Å². The minimum atomic E-state index is 0.174. The Balaban J connectivity index is 1.51. The highest BCUT2D eigenvalue weighted by molar-refractivity contribution is 9.10. The molecule has 0 aliphatic carbocycles. The Morgan fingerprint density at radius 3 is 2.76 bits per heavy atom. The lowest BCUT2D eigenvalue weighted by Crippen LogP contribution is -2.38. The van der Waals surface area contributed by atoms with Gasteiger partial charge in [0.1, 0.15) is 5.82 Å². The van der Waals surface area contributed by atoms with Crippen LogP contribution in [0.2, 0.25) is 0 Å². The van der Waals surface area contributed by atoms with E-state index in [1.807, 2.05) is 22.6 Å². The number of rotatable bonds is 5. The van der Waals surface area contributed by atoms with Crippen LogP contribution < -0.4 is 5.32 Å². The summed E-state index contributed by atoms with van der Waals surface area (Å²) in [6.45, 7) is 7.59. The Bertz CT molecular complexity index is 1050. The number of aromatic nitrogens is 2. The molecular formula is C26H32BrN5O. The van der Waals surface area contributed by atoms with E-state index in [9.17, 15) is 4.79 Å². The molecule has 0 unspecified atom stereocenters. The summed E-state index contributed by atoms with van der Waals surface area (Å²) in [4.78, 5) is 22.1. The summed E-state index contributed by atoms with van der Waals surface area (Å²) in [5.74, 6) is 1.11. The SMILES string of the molecule is Cc1nccn1CCC(=O)N1CCN(Cc2ccccc2)CCCNc2ccc(Br)cc2C1. The van der Waals surface area contributed by atoms with Gasteiger partial charge in [-0.05, 0) is 42.7 Å². The Hall–Kier alpha value is -2.64. The van der Waals surface area contributed by atoms with Crippen molar-refractivity contribution in [3.8, 4) is 0 Å². The zero-order valence-corrected chi connectivity index (χ0v) is 20.8. The van der Waals surface area contributed by atoms with Gasteiger partial charge in [0.2, 0.25) is 5.91 Å². The van der Waals surface area contributed by atoms with Crippen LogP contribution in [-0.4, -0.2) is 51.4 Å². The van der Waals surface area contributed by atoms with E-state index in [2.05, 4.69) is 79.7 Å². The van der Waals surface area contributed by atoms with Crippen molar-refractivity contribution < 1.29 is 4.79 Å². The number of amides is 1. The minimum absolute atomic E-state index is 0.174. The fourth-order valence-electron chi connectivity index (χ4n) is 4.28. The topological polar surface area (TPSA) is 53.4 Å². The summed E-state index contributed by atoms with van der Waals surface area (Å²) in [6, 6.07) is 16.9. The molecule has 6 nitrogen and oxygen atoms in total. The van der Waals surface area contributed by atoms with Crippen molar-refractivity contribution in [2.24, 2.45) is 0 Å². The van der Waals surface area contributed by atoms with Crippen LogP contribution in [0.5, 0.6) is 0 Å². The van der Waals surface area contributed by atoms with Gasteiger partial charge in [0.05, 0.1) is 0 Å². The van der Waals surface area contributed by atoms with Crippen LogP contribution in [0.4, 0.5) is 5.69 Å². The van der Waals surface area contributed by atoms with E-state index in [0.29, 0.717) is 26.1 Å². The molecule has 4 rings (SSSR count). The number of benzene rings is 2. The fourth-order valence-corrected chi connectivity index (χ4v) is 4.69. The van der Waals surface area contributed by atoms with Crippen LogP contribution >= 0.6 is 15.9 Å². The zero-order valence-electron chi connectivity index (χ0n) is 19.2. The highest BCUT2D eigenvalue weighted by Gasteiger charge is 2.19. The van der Waals surface area contributed by atoms with Gasteiger partial charge in [-0.15, -0.1) is 0 Å². The Morgan fingerprint density at radius 2 is 1.97 bits per heavy atom. The van der Waals surface area contributed by atoms with E-state index in [-0.39, 0.29) is 5.91 Å². The molecule has 174 valence electrons. The van der Waals surface area contributed by atoms with Gasteiger partial charge in [0.25, 0.3) is 0 Å². The second-order valence-electron chi connectivity index (χ2n) is 8.58. The summed E-state index contributed by atoms with van der Waals surface area (Å²) < 4.78 is 3.07. The van der Waals surface area contributed by atoms with Crippen LogP contribution in [0.3, 0.4) is 0 Å². The van der Waals surface area contributed by atoms with Crippen LogP contribution in [-0.2, 0) is 24.4 Å². The number of nitrogens with one attached hydrogen (secondary N) is 1. The number of fused-ring (bicyclic) bond motifs is 1. The molecule has 0 atom stereocenters. The van der Waals surface area contributed by atoms with Gasteiger partial charge in [-0.3, -0.25) is 9.69 Å². The van der Waals surface area contributed by atoms with Gasteiger partial charge in [-0.25, -0.2) is 4.98 Å². The molecular weight excluding hydrogens is 478 g/mol. The molecule has 1 aliphatic rings. The maximum Gasteiger partial charge on any atom is 0.224 e. The molecule has 3 aromatic rings. The third-order valence-electron chi connectivity index (χ3n) is 6.17. The Labute approximate surface area is 204 Å². The second kappa shape index (κ2) is 11.5. The molecule has 0 bridgehead atoms. The predicted molar refractivity (Wildman–Crippen MR) is 136 cm³/mol. The van der Waals surface area contributed by atoms with Gasteiger partial charge in [-0.1, -0.05) is 46.3 Å².